The number of benzene rings is 3. The van der Waals surface area contributed by atoms with E-state index in [1.54, 1.807) is 37.3 Å². The van der Waals surface area contributed by atoms with Crippen molar-refractivity contribution in [3.8, 4) is 11.4 Å². The molecule has 0 aliphatic carbocycles. The van der Waals surface area contributed by atoms with Crippen LogP contribution < -0.4 is 15.6 Å². The second-order valence-electron chi connectivity index (χ2n) is 10.0. The van der Waals surface area contributed by atoms with Gasteiger partial charge in [-0.15, -0.1) is 0 Å². The normalized spacial score (nSPS) is 12.4. The number of carbonyl (C=O) groups excluding carboxylic acids is 1. The number of ether oxygens (including phenoxy) is 1. The molecule has 4 rings (SSSR count). The summed E-state index contributed by atoms with van der Waals surface area (Å²) in [6, 6.07) is 15.4. The molecule has 0 spiro atoms. The summed E-state index contributed by atoms with van der Waals surface area (Å²) >= 11 is 0. The van der Waals surface area contributed by atoms with Gasteiger partial charge in [0.15, 0.2) is 0 Å². The maximum absolute atomic E-state index is 13.9. The molecule has 1 N–H and O–H groups in total. The first-order valence-corrected chi connectivity index (χ1v) is 12.8. The predicted octanol–water partition coefficient (Wildman–Crippen LogP) is 6.97. The molecule has 0 fully saturated rings. The summed E-state index contributed by atoms with van der Waals surface area (Å²) in [6.45, 7) is 7.71. The number of halogens is 3. The number of amides is 2. The molecule has 1 aromatic heterocycles. The molecule has 3 aromatic carbocycles. The fourth-order valence-electron chi connectivity index (χ4n) is 4.56. The lowest BCUT2D eigenvalue weighted by molar-refractivity contribution is -0.137. The van der Waals surface area contributed by atoms with E-state index in [1.165, 1.54) is 28.7 Å². The summed E-state index contributed by atoms with van der Waals surface area (Å²) < 4.78 is 46.8. The molecule has 0 aliphatic heterocycles. The van der Waals surface area contributed by atoms with Crippen LogP contribution in [0.25, 0.3) is 16.6 Å². The Morgan fingerprint density at radius 2 is 1.77 bits per heavy atom. The second-order valence-corrected chi connectivity index (χ2v) is 10.0. The smallest absolute Gasteiger partial charge is 0.416 e. The zero-order valence-corrected chi connectivity index (χ0v) is 22.9. The number of methoxy groups -OCH3 is 1. The zero-order valence-electron chi connectivity index (χ0n) is 22.9. The fraction of sp³-hybridized carbons (Fsp3) is 0.300. The van der Waals surface area contributed by atoms with Crippen LogP contribution in [0.2, 0.25) is 0 Å². The number of hydrogen-bond donors (Lipinski definition) is 1. The fourth-order valence-corrected chi connectivity index (χ4v) is 4.56. The molecule has 0 bridgehead atoms. The van der Waals surface area contributed by atoms with Crippen molar-refractivity contribution in [2.24, 2.45) is 5.92 Å². The summed E-state index contributed by atoms with van der Waals surface area (Å²) in [5.41, 5.74) is 0.612. The van der Waals surface area contributed by atoms with Crippen LogP contribution in [0.4, 0.5) is 23.7 Å². The van der Waals surface area contributed by atoms with E-state index >= 15 is 0 Å². The number of urea groups is 1. The average Bonchev–Trinajstić information content (AvgIpc) is 2.91. The Morgan fingerprint density at radius 1 is 1.05 bits per heavy atom. The molecule has 4 aromatic rings. The number of fused-ring (bicyclic) bond motifs is 1. The van der Waals surface area contributed by atoms with Crippen molar-refractivity contribution in [3.05, 3.63) is 94.0 Å². The van der Waals surface area contributed by atoms with Crippen molar-refractivity contribution in [3.63, 3.8) is 0 Å². The summed E-state index contributed by atoms with van der Waals surface area (Å²) in [5.74, 6) is 0.735. The minimum Gasteiger partial charge on any atom is -0.495 e. The molecule has 7 nitrogen and oxygen atoms in total. The number of aryl methyl sites for hydroxylation is 1. The quantitative estimate of drug-likeness (QED) is 0.269. The average molecular weight is 553 g/mol. The minimum atomic E-state index is -4.55. The number of rotatable bonds is 7. The Morgan fingerprint density at radius 3 is 2.45 bits per heavy atom. The van der Waals surface area contributed by atoms with E-state index in [2.05, 4.69) is 5.32 Å². The van der Waals surface area contributed by atoms with Gasteiger partial charge in [0, 0.05) is 12.2 Å². The SMILES string of the molecule is COc1ccc(C)cc1-n1c(C(C)N(CC(C)C)C(=O)Nc2cccc(C(F)(F)F)c2)nc2ccccc2c1=O. The van der Waals surface area contributed by atoms with Crippen molar-refractivity contribution >= 4 is 22.6 Å². The molecule has 10 heteroatoms. The summed E-state index contributed by atoms with van der Waals surface area (Å²) in [6.07, 6.45) is -4.55. The molecule has 0 saturated heterocycles. The number of para-hydroxylation sites is 1. The zero-order chi connectivity index (χ0) is 29.2. The van der Waals surface area contributed by atoms with Crippen molar-refractivity contribution in [2.75, 3.05) is 19.0 Å². The summed E-state index contributed by atoms with van der Waals surface area (Å²) in [5, 5.41) is 2.99. The van der Waals surface area contributed by atoms with Crippen LogP contribution in [-0.2, 0) is 6.18 Å². The molecular weight excluding hydrogens is 521 g/mol. The topological polar surface area (TPSA) is 76.5 Å². The number of hydrogen-bond acceptors (Lipinski definition) is 4. The number of anilines is 1. The molecule has 1 unspecified atom stereocenters. The van der Waals surface area contributed by atoms with Crippen LogP contribution >= 0.6 is 0 Å². The first kappa shape index (κ1) is 28.7. The first-order chi connectivity index (χ1) is 18.9. The van der Waals surface area contributed by atoms with Crippen LogP contribution in [0.1, 0.15) is 43.8 Å². The van der Waals surface area contributed by atoms with Crippen LogP contribution in [0.15, 0.2) is 71.5 Å². The highest BCUT2D eigenvalue weighted by Crippen LogP contribution is 2.32. The van der Waals surface area contributed by atoms with Gasteiger partial charge < -0.3 is 15.0 Å². The third-order valence-electron chi connectivity index (χ3n) is 6.48. The highest BCUT2D eigenvalue weighted by atomic mass is 19.4. The van der Waals surface area contributed by atoms with Crippen LogP contribution in [0.5, 0.6) is 5.75 Å². The van der Waals surface area contributed by atoms with Crippen molar-refractivity contribution < 1.29 is 22.7 Å². The highest BCUT2D eigenvalue weighted by molar-refractivity contribution is 5.89. The molecule has 1 heterocycles. The third-order valence-corrected chi connectivity index (χ3v) is 6.48. The highest BCUT2D eigenvalue weighted by Gasteiger charge is 2.32. The van der Waals surface area contributed by atoms with Crippen molar-refractivity contribution in [2.45, 2.75) is 39.9 Å². The van der Waals surface area contributed by atoms with Gasteiger partial charge >= 0.3 is 12.2 Å². The van der Waals surface area contributed by atoms with Gasteiger partial charge in [-0.3, -0.25) is 9.36 Å². The standard InChI is InChI=1S/C30H31F3N4O3/c1-18(2)17-36(29(39)34-22-10-8-9-21(16-22)30(31,32)33)20(4)27-35-24-12-7-6-11-23(24)28(38)37(27)25-15-19(3)13-14-26(25)40-5/h6-16,18,20H,17H2,1-5H3,(H,34,39). The van der Waals surface area contributed by atoms with Gasteiger partial charge in [0.05, 0.1) is 35.3 Å². The lowest BCUT2D eigenvalue weighted by atomic mass is 10.1. The summed E-state index contributed by atoms with van der Waals surface area (Å²) in [4.78, 5) is 33.8. The number of alkyl halides is 3. The van der Waals surface area contributed by atoms with E-state index in [4.69, 9.17) is 9.72 Å². The molecule has 0 radical (unpaired) electrons. The van der Waals surface area contributed by atoms with E-state index in [1.807, 2.05) is 32.9 Å². The number of carbonyl (C=O) groups is 1. The van der Waals surface area contributed by atoms with E-state index in [-0.39, 0.29) is 29.5 Å². The van der Waals surface area contributed by atoms with E-state index < -0.39 is 23.8 Å². The van der Waals surface area contributed by atoms with Gasteiger partial charge in [-0.05, 0) is 67.8 Å². The predicted molar refractivity (Wildman–Crippen MR) is 149 cm³/mol. The van der Waals surface area contributed by atoms with Crippen LogP contribution in [-0.4, -0.2) is 34.1 Å². The van der Waals surface area contributed by atoms with Gasteiger partial charge in [0.25, 0.3) is 5.56 Å². The number of nitrogens with zero attached hydrogens (tertiary/aromatic N) is 3. The number of nitrogens with one attached hydrogen (secondary N) is 1. The van der Waals surface area contributed by atoms with Gasteiger partial charge in [-0.2, -0.15) is 13.2 Å². The molecule has 2 amide bonds. The lowest BCUT2D eigenvalue weighted by Gasteiger charge is -2.32. The van der Waals surface area contributed by atoms with Gasteiger partial charge in [0.2, 0.25) is 0 Å². The Hall–Kier alpha value is -4.34. The molecule has 0 saturated carbocycles. The summed E-state index contributed by atoms with van der Waals surface area (Å²) in [7, 11) is 1.50. The van der Waals surface area contributed by atoms with Gasteiger partial charge in [-0.1, -0.05) is 38.1 Å². The molecule has 210 valence electrons. The lowest BCUT2D eigenvalue weighted by Crippen LogP contribution is -2.41. The molecule has 0 aliphatic rings. The molecular formula is C30H31F3N4O3. The van der Waals surface area contributed by atoms with E-state index in [0.29, 0.717) is 22.3 Å². The Kier molecular flexibility index (Phi) is 8.18. The molecule has 40 heavy (non-hydrogen) atoms. The van der Waals surface area contributed by atoms with Gasteiger partial charge in [0.1, 0.15) is 11.6 Å². The first-order valence-electron chi connectivity index (χ1n) is 12.8. The maximum atomic E-state index is 13.9. The maximum Gasteiger partial charge on any atom is 0.416 e. The minimum absolute atomic E-state index is 0.00356. The van der Waals surface area contributed by atoms with E-state index in [0.717, 1.165) is 17.7 Å². The van der Waals surface area contributed by atoms with Crippen LogP contribution in [0, 0.1) is 12.8 Å². The second kappa shape index (κ2) is 11.4. The third kappa shape index (κ3) is 5.95. The monoisotopic (exact) mass is 552 g/mol. The van der Waals surface area contributed by atoms with E-state index in [9.17, 15) is 22.8 Å². The Balaban J connectivity index is 1.86. The van der Waals surface area contributed by atoms with Crippen LogP contribution in [0.3, 0.4) is 0 Å². The Labute approximate surface area is 230 Å². The molecule has 1 atom stereocenters. The van der Waals surface area contributed by atoms with Gasteiger partial charge in [-0.25, -0.2) is 9.78 Å². The Bertz CT molecular complexity index is 1600. The van der Waals surface area contributed by atoms with Crippen molar-refractivity contribution in [1.29, 1.82) is 0 Å². The largest absolute Gasteiger partial charge is 0.495 e. The number of aromatic nitrogens is 2. The van der Waals surface area contributed by atoms with Crippen molar-refractivity contribution in [1.82, 2.24) is 14.5 Å².